The molecule has 0 N–H and O–H groups in total. The highest BCUT2D eigenvalue weighted by Crippen LogP contribution is 2.29. The smallest absolute Gasteiger partial charge is 0.333 e. The molecule has 0 spiro atoms. The molecule has 0 atom stereocenters. The van der Waals surface area contributed by atoms with Crippen LogP contribution in [-0.4, -0.2) is 37.9 Å². The monoisotopic (exact) mass is 388 g/mol. The molecule has 6 nitrogen and oxygen atoms in total. The Morgan fingerprint density at radius 2 is 1.85 bits per heavy atom. The lowest BCUT2D eigenvalue weighted by Gasteiger charge is -2.27. The van der Waals surface area contributed by atoms with Crippen molar-refractivity contribution in [2.45, 2.75) is 32.1 Å². The Balaban J connectivity index is 1.62. The summed E-state index contributed by atoms with van der Waals surface area (Å²) in [5.41, 5.74) is -0.0394. The first-order chi connectivity index (χ1) is 12.6. The van der Waals surface area contributed by atoms with Crippen LogP contribution in [0.1, 0.15) is 23.6 Å². The quantitative estimate of drug-likeness (QED) is 0.595. The molecule has 0 unspecified atom stereocenters. The second-order valence-corrected chi connectivity index (χ2v) is 6.03. The maximum Gasteiger partial charge on any atom is 0.451 e. The van der Waals surface area contributed by atoms with Crippen LogP contribution in [0.4, 0.5) is 22.0 Å². The van der Waals surface area contributed by atoms with Gasteiger partial charge in [-0.1, -0.05) is 6.07 Å². The lowest BCUT2D eigenvalue weighted by molar-refractivity contribution is -0.148. The number of ketones is 1. The van der Waals surface area contributed by atoms with E-state index in [0.29, 0.717) is 6.07 Å². The van der Waals surface area contributed by atoms with Crippen molar-refractivity contribution < 1.29 is 31.5 Å². The van der Waals surface area contributed by atoms with Crippen molar-refractivity contribution in [3.8, 4) is 0 Å². The zero-order valence-electron chi connectivity index (χ0n) is 13.8. The number of aromatic nitrogens is 3. The van der Waals surface area contributed by atoms with Crippen molar-refractivity contribution in [3.63, 3.8) is 0 Å². The number of carbonyl (C=O) groups excluding carboxylic acids is 2. The largest absolute Gasteiger partial charge is 0.451 e. The zero-order chi connectivity index (χ0) is 19.8. The SMILES string of the molecule is O=C(CC(=O)N1CCn2c(nnc2C(F)(F)F)C1)Cc1ccc(F)cc1F. The van der Waals surface area contributed by atoms with Crippen LogP contribution in [0.15, 0.2) is 18.2 Å². The minimum Gasteiger partial charge on any atom is -0.333 e. The van der Waals surface area contributed by atoms with Crippen LogP contribution < -0.4 is 0 Å². The molecular weight excluding hydrogens is 375 g/mol. The highest BCUT2D eigenvalue weighted by molar-refractivity contribution is 5.98. The number of hydrogen-bond acceptors (Lipinski definition) is 4. The third kappa shape index (κ3) is 4.12. The van der Waals surface area contributed by atoms with Crippen molar-refractivity contribution >= 4 is 11.7 Å². The molecule has 1 amide bonds. The van der Waals surface area contributed by atoms with E-state index < -0.39 is 41.7 Å². The van der Waals surface area contributed by atoms with E-state index in [-0.39, 0.29) is 37.4 Å². The molecule has 2 heterocycles. The van der Waals surface area contributed by atoms with Crippen molar-refractivity contribution in [2.75, 3.05) is 6.54 Å². The van der Waals surface area contributed by atoms with Crippen LogP contribution in [0.25, 0.3) is 0 Å². The average Bonchev–Trinajstić information content (AvgIpc) is 3.00. The predicted molar refractivity (Wildman–Crippen MR) is 80.1 cm³/mol. The Morgan fingerprint density at radius 1 is 1.11 bits per heavy atom. The molecule has 1 aromatic heterocycles. The summed E-state index contributed by atoms with van der Waals surface area (Å²) in [6, 6.07) is 2.76. The molecule has 0 bridgehead atoms. The summed E-state index contributed by atoms with van der Waals surface area (Å²) in [6.07, 6.45) is -5.58. The Labute approximate surface area is 149 Å². The second-order valence-electron chi connectivity index (χ2n) is 6.03. The Morgan fingerprint density at radius 3 is 2.52 bits per heavy atom. The number of carbonyl (C=O) groups is 2. The fraction of sp³-hybridized carbons (Fsp3) is 0.375. The summed E-state index contributed by atoms with van der Waals surface area (Å²) >= 11 is 0. The third-order valence-electron chi connectivity index (χ3n) is 4.11. The van der Waals surface area contributed by atoms with E-state index in [2.05, 4.69) is 10.2 Å². The maximum atomic E-state index is 13.6. The molecular formula is C16H13F5N4O2. The average molecular weight is 388 g/mol. The number of benzene rings is 1. The summed E-state index contributed by atoms with van der Waals surface area (Å²) in [5.74, 6) is -4.03. The first-order valence-corrected chi connectivity index (χ1v) is 7.88. The fourth-order valence-electron chi connectivity index (χ4n) is 2.80. The maximum absolute atomic E-state index is 13.6. The van der Waals surface area contributed by atoms with Crippen molar-refractivity contribution in [1.82, 2.24) is 19.7 Å². The van der Waals surface area contributed by atoms with Gasteiger partial charge in [0.15, 0.2) is 5.82 Å². The highest BCUT2D eigenvalue weighted by Gasteiger charge is 2.39. The Kier molecular flexibility index (Phi) is 4.94. The first-order valence-electron chi connectivity index (χ1n) is 7.88. The molecule has 1 aliphatic rings. The Bertz CT molecular complexity index is 893. The van der Waals surface area contributed by atoms with E-state index in [9.17, 15) is 31.5 Å². The summed E-state index contributed by atoms with van der Waals surface area (Å²) in [4.78, 5) is 25.4. The highest BCUT2D eigenvalue weighted by atomic mass is 19.4. The van der Waals surface area contributed by atoms with Gasteiger partial charge < -0.3 is 9.47 Å². The van der Waals surface area contributed by atoms with E-state index in [1.165, 1.54) is 4.90 Å². The number of alkyl halides is 3. The number of Topliss-reactive ketones (excluding diaryl/α,β-unsaturated/α-hetero) is 1. The van der Waals surface area contributed by atoms with Gasteiger partial charge in [0.25, 0.3) is 0 Å². The van der Waals surface area contributed by atoms with Gasteiger partial charge in [-0.25, -0.2) is 8.78 Å². The molecule has 0 aliphatic carbocycles. The van der Waals surface area contributed by atoms with Crippen molar-refractivity contribution in [2.24, 2.45) is 0 Å². The van der Waals surface area contributed by atoms with E-state index >= 15 is 0 Å². The van der Waals surface area contributed by atoms with Gasteiger partial charge in [-0.2, -0.15) is 13.2 Å². The van der Waals surface area contributed by atoms with Crippen LogP contribution in [0.2, 0.25) is 0 Å². The number of halogens is 5. The van der Waals surface area contributed by atoms with Gasteiger partial charge in [0.05, 0.1) is 13.0 Å². The van der Waals surface area contributed by atoms with Gasteiger partial charge in [0.1, 0.15) is 17.4 Å². The predicted octanol–water partition coefficient (Wildman–Crippen LogP) is 2.12. The molecule has 1 aliphatic heterocycles. The van der Waals surface area contributed by atoms with Crippen molar-refractivity contribution in [3.05, 3.63) is 47.0 Å². The molecule has 11 heteroatoms. The fourth-order valence-corrected chi connectivity index (χ4v) is 2.80. The van der Waals surface area contributed by atoms with Gasteiger partial charge in [0, 0.05) is 25.6 Å². The lowest BCUT2D eigenvalue weighted by atomic mass is 10.1. The van der Waals surface area contributed by atoms with Crippen LogP contribution in [0.5, 0.6) is 0 Å². The molecule has 27 heavy (non-hydrogen) atoms. The number of rotatable bonds is 4. The van der Waals surface area contributed by atoms with Gasteiger partial charge in [-0.05, 0) is 11.6 Å². The number of nitrogens with zero attached hydrogens (tertiary/aromatic N) is 4. The molecule has 0 fully saturated rings. The van der Waals surface area contributed by atoms with E-state index in [0.717, 1.165) is 16.7 Å². The van der Waals surface area contributed by atoms with Crippen LogP contribution in [0, 0.1) is 11.6 Å². The normalized spacial score (nSPS) is 14.2. The number of hydrogen-bond donors (Lipinski definition) is 0. The van der Waals surface area contributed by atoms with Crippen LogP contribution >= 0.6 is 0 Å². The van der Waals surface area contributed by atoms with Gasteiger partial charge >= 0.3 is 6.18 Å². The summed E-state index contributed by atoms with van der Waals surface area (Å²) in [5, 5.41) is 6.56. The van der Waals surface area contributed by atoms with E-state index in [1.54, 1.807) is 0 Å². The van der Waals surface area contributed by atoms with Crippen LogP contribution in [-0.2, 0) is 35.3 Å². The molecule has 1 aromatic carbocycles. The molecule has 0 saturated heterocycles. The van der Waals surface area contributed by atoms with E-state index in [4.69, 9.17) is 0 Å². The lowest BCUT2D eigenvalue weighted by Crippen LogP contribution is -2.40. The minimum absolute atomic E-state index is 0.0287. The van der Waals surface area contributed by atoms with Crippen LogP contribution in [0.3, 0.4) is 0 Å². The van der Waals surface area contributed by atoms with Gasteiger partial charge in [0.2, 0.25) is 11.7 Å². The number of amides is 1. The van der Waals surface area contributed by atoms with Gasteiger partial charge in [-0.3, -0.25) is 9.59 Å². The second kappa shape index (κ2) is 7.05. The summed E-state index contributed by atoms with van der Waals surface area (Å²) in [7, 11) is 0. The molecule has 0 saturated carbocycles. The van der Waals surface area contributed by atoms with E-state index in [1.807, 2.05) is 0 Å². The zero-order valence-corrected chi connectivity index (χ0v) is 13.8. The molecule has 144 valence electrons. The van der Waals surface area contributed by atoms with Gasteiger partial charge in [-0.15, -0.1) is 10.2 Å². The minimum atomic E-state index is -4.65. The molecule has 2 aromatic rings. The topological polar surface area (TPSA) is 68.1 Å². The number of fused-ring (bicyclic) bond motifs is 1. The third-order valence-corrected chi connectivity index (χ3v) is 4.11. The molecule has 0 radical (unpaired) electrons. The summed E-state index contributed by atoms with van der Waals surface area (Å²) < 4.78 is 65.7. The first kappa shape index (κ1) is 18.9. The standard InChI is InChI=1S/C16H13F5N4O2/c17-10-2-1-9(12(18)6-10)5-11(26)7-14(27)24-3-4-25-13(8-24)22-23-15(25)16(19,20)21/h1-2,6H,3-5,7-8H2. The Hall–Kier alpha value is -2.85. The molecule has 3 rings (SSSR count). The summed E-state index contributed by atoms with van der Waals surface area (Å²) in [6.45, 7) is -0.394. The van der Waals surface area contributed by atoms with Crippen molar-refractivity contribution in [1.29, 1.82) is 0 Å².